The summed E-state index contributed by atoms with van der Waals surface area (Å²) >= 11 is 5.65. The molecule has 0 fully saturated rings. The summed E-state index contributed by atoms with van der Waals surface area (Å²) in [5.74, 6) is -1.07. The maximum atomic E-state index is 12.8. The molecule has 0 saturated heterocycles. The lowest BCUT2D eigenvalue weighted by atomic mass is 10.2. The highest BCUT2D eigenvalue weighted by Gasteiger charge is 2.13. The van der Waals surface area contributed by atoms with Gasteiger partial charge in [-0.25, -0.2) is 9.37 Å². The second-order valence-electron chi connectivity index (χ2n) is 2.99. The fraction of sp³-hybridized carbons (Fsp3) is 0.200. The predicted octanol–water partition coefficient (Wildman–Crippen LogP) is 2.18. The lowest BCUT2D eigenvalue weighted by Crippen LogP contribution is -2.31. The van der Waals surface area contributed by atoms with E-state index in [0.717, 1.165) is 12.3 Å². The molecule has 0 aliphatic carbocycles. The van der Waals surface area contributed by atoms with Crippen LogP contribution in [0, 0.1) is 5.82 Å². The van der Waals surface area contributed by atoms with E-state index in [0.29, 0.717) is 0 Å². The quantitative estimate of drug-likeness (QED) is 0.637. The number of halogens is 2. The summed E-state index contributed by atoms with van der Waals surface area (Å²) in [4.78, 5) is 15.1. The highest BCUT2D eigenvalue weighted by Crippen LogP contribution is 2.13. The third kappa shape index (κ3) is 3.02. The predicted molar refractivity (Wildman–Crippen MR) is 56.3 cm³/mol. The van der Waals surface area contributed by atoms with Gasteiger partial charge in [0.2, 0.25) is 0 Å². The zero-order chi connectivity index (χ0) is 11.4. The van der Waals surface area contributed by atoms with E-state index in [-0.39, 0.29) is 16.8 Å². The molecule has 1 N–H and O–H groups in total. The van der Waals surface area contributed by atoms with Gasteiger partial charge in [0.15, 0.2) is 0 Å². The summed E-state index contributed by atoms with van der Waals surface area (Å²) in [5.41, 5.74) is 0.0189. The van der Waals surface area contributed by atoms with Crippen molar-refractivity contribution in [3.8, 4) is 0 Å². The summed E-state index contributed by atoms with van der Waals surface area (Å²) in [5, 5.41) is 2.54. The van der Waals surface area contributed by atoms with Crippen LogP contribution in [0.15, 0.2) is 24.9 Å². The highest BCUT2D eigenvalue weighted by atomic mass is 35.5. The summed E-state index contributed by atoms with van der Waals surface area (Å²) < 4.78 is 12.8. The Morgan fingerprint density at radius 2 is 2.47 bits per heavy atom. The molecule has 1 rings (SSSR count). The molecule has 3 nitrogen and oxygen atoms in total. The monoisotopic (exact) mass is 228 g/mol. The Balaban J connectivity index is 2.90. The average molecular weight is 229 g/mol. The number of carbonyl (C=O) groups is 1. The van der Waals surface area contributed by atoms with Crippen molar-refractivity contribution >= 4 is 17.5 Å². The first kappa shape index (κ1) is 11.7. The smallest absolute Gasteiger partial charge is 0.254 e. The van der Waals surface area contributed by atoms with Crippen LogP contribution >= 0.6 is 11.6 Å². The van der Waals surface area contributed by atoms with Crippen molar-refractivity contribution in [1.82, 2.24) is 10.3 Å². The lowest BCUT2D eigenvalue weighted by molar-refractivity contribution is 0.0946. The van der Waals surface area contributed by atoms with Gasteiger partial charge in [-0.15, -0.1) is 6.58 Å². The summed E-state index contributed by atoms with van der Waals surface area (Å²) in [6, 6.07) is 0.831. The molecule has 0 radical (unpaired) electrons. The van der Waals surface area contributed by atoms with Gasteiger partial charge >= 0.3 is 0 Å². The SMILES string of the molecule is C=CC(C)NC(=O)c1cc(F)cnc1Cl. The van der Waals surface area contributed by atoms with Crippen LogP contribution in [0.5, 0.6) is 0 Å². The molecule has 0 aliphatic rings. The zero-order valence-corrected chi connectivity index (χ0v) is 8.88. The minimum Gasteiger partial charge on any atom is -0.346 e. The molecule has 0 bridgehead atoms. The van der Waals surface area contributed by atoms with Crippen molar-refractivity contribution in [2.75, 3.05) is 0 Å². The molecule has 1 aromatic heterocycles. The number of amides is 1. The fourth-order valence-electron chi connectivity index (χ4n) is 0.925. The number of hydrogen-bond donors (Lipinski definition) is 1. The normalized spacial score (nSPS) is 11.9. The maximum absolute atomic E-state index is 12.8. The van der Waals surface area contributed by atoms with E-state index in [1.165, 1.54) is 0 Å². The lowest BCUT2D eigenvalue weighted by Gasteiger charge is -2.09. The Bertz CT molecular complexity index is 395. The molecule has 1 unspecified atom stereocenters. The van der Waals surface area contributed by atoms with Crippen LogP contribution in [0.1, 0.15) is 17.3 Å². The van der Waals surface area contributed by atoms with Gasteiger partial charge in [0.1, 0.15) is 11.0 Å². The van der Waals surface area contributed by atoms with Crippen molar-refractivity contribution in [2.45, 2.75) is 13.0 Å². The number of nitrogens with zero attached hydrogens (tertiary/aromatic N) is 1. The van der Waals surface area contributed by atoms with Crippen molar-refractivity contribution in [3.63, 3.8) is 0 Å². The van der Waals surface area contributed by atoms with Crippen molar-refractivity contribution < 1.29 is 9.18 Å². The summed E-state index contributed by atoms with van der Waals surface area (Å²) in [6.07, 6.45) is 2.51. The molecule has 0 saturated carbocycles. The van der Waals surface area contributed by atoms with Gasteiger partial charge in [-0.05, 0) is 13.0 Å². The first-order valence-corrected chi connectivity index (χ1v) is 4.67. The molecule has 80 valence electrons. The number of nitrogens with one attached hydrogen (secondary N) is 1. The number of carbonyl (C=O) groups excluding carboxylic acids is 1. The van der Waals surface area contributed by atoms with Crippen molar-refractivity contribution in [3.05, 3.63) is 41.5 Å². The van der Waals surface area contributed by atoms with Gasteiger partial charge in [0.05, 0.1) is 11.8 Å². The van der Waals surface area contributed by atoms with Gasteiger partial charge in [-0.2, -0.15) is 0 Å². The Labute approximate surface area is 92.0 Å². The standard InChI is InChI=1S/C10H10ClFN2O/c1-3-6(2)14-10(15)8-4-7(12)5-13-9(8)11/h3-6H,1H2,2H3,(H,14,15). The van der Waals surface area contributed by atoms with E-state index >= 15 is 0 Å². The van der Waals surface area contributed by atoms with Gasteiger partial charge < -0.3 is 5.32 Å². The summed E-state index contributed by atoms with van der Waals surface area (Å²) in [6.45, 7) is 5.25. The van der Waals surface area contributed by atoms with Crippen LogP contribution in [0.4, 0.5) is 4.39 Å². The molecular formula is C10H10ClFN2O. The Kier molecular flexibility index (Phi) is 3.80. The first-order valence-electron chi connectivity index (χ1n) is 4.29. The summed E-state index contributed by atoms with van der Waals surface area (Å²) in [7, 11) is 0. The first-order chi connectivity index (χ1) is 7.04. The van der Waals surface area contributed by atoms with Crippen LogP contribution in [-0.2, 0) is 0 Å². The minimum absolute atomic E-state index is 0.0189. The zero-order valence-electron chi connectivity index (χ0n) is 8.13. The fourth-order valence-corrected chi connectivity index (χ4v) is 1.11. The molecular weight excluding hydrogens is 219 g/mol. The van der Waals surface area contributed by atoms with Gasteiger partial charge in [0.25, 0.3) is 5.91 Å². The van der Waals surface area contributed by atoms with Crippen LogP contribution in [0.3, 0.4) is 0 Å². The molecule has 15 heavy (non-hydrogen) atoms. The largest absolute Gasteiger partial charge is 0.346 e. The Hall–Kier alpha value is -1.42. The average Bonchev–Trinajstić information content (AvgIpc) is 2.21. The third-order valence-electron chi connectivity index (χ3n) is 1.76. The van der Waals surface area contributed by atoms with Crippen molar-refractivity contribution in [1.29, 1.82) is 0 Å². The third-order valence-corrected chi connectivity index (χ3v) is 2.06. The number of pyridine rings is 1. The number of aromatic nitrogens is 1. The molecule has 5 heteroatoms. The van der Waals surface area contributed by atoms with Crippen LogP contribution in [0.2, 0.25) is 5.15 Å². The van der Waals surface area contributed by atoms with E-state index in [9.17, 15) is 9.18 Å². The van der Waals surface area contributed by atoms with E-state index in [4.69, 9.17) is 11.6 Å². The molecule has 0 aromatic carbocycles. The topological polar surface area (TPSA) is 42.0 Å². The molecule has 1 atom stereocenters. The molecule has 1 aromatic rings. The molecule has 1 heterocycles. The number of rotatable bonds is 3. The van der Waals surface area contributed by atoms with Gasteiger partial charge in [-0.3, -0.25) is 4.79 Å². The maximum Gasteiger partial charge on any atom is 0.254 e. The van der Waals surface area contributed by atoms with Gasteiger partial charge in [0, 0.05) is 6.04 Å². The second-order valence-corrected chi connectivity index (χ2v) is 3.35. The Morgan fingerprint density at radius 3 is 3.07 bits per heavy atom. The van der Waals surface area contributed by atoms with E-state index in [1.54, 1.807) is 13.0 Å². The second kappa shape index (κ2) is 4.89. The van der Waals surface area contributed by atoms with E-state index in [2.05, 4.69) is 16.9 Å². The molecule has 1 amide bonds. The van der Waals surface area contributed by atoms with Crippen LogP contribution in [-0.4, -0.2) is 16.9 Å². The van der Waals surface area contributed by atoms with Gasteiger partial charge in [-0.1, -0.05) is 17.7 Å². The number of hydrogen-bond acceptors (Lipinski definition) is 2. The Morgan fingerprint density at radius 1 is 1.80 bits per heavy atom. The van der Waals surface area contributed by atoms with E-state index in [1.807, 2.05) is 0 Å². The highest BCUT2D eigenvalue weighted by molar-refractivity contribution is 6.32. The van der Waals surface area contributed by atoms with Crippen LogP contribution < -0.4 is 5.32 Å². The minimum atomic E-state index is -0.601. The molecule has 0 aliphatic heterocycles. The van der Waals surface area contributed by atoms with E-state index < -0.39 is 11.7 Å². The van der Waals surface area contributed by atoms with Crippen LogP contribution in [0.25, 0.3) is 0 Å². The molecule has 0 spiro atoms. The van der Waals surface area contributed by atoms with Crippen molar-refractivity contribution in [2.24, 2.45) is 0 Å².